The number of carbonyl (C=O) groups is 2. The molecule has 1 fully saturated rings. The van der Waals surface area contributed by atoms with Gasteiger partial charge in [-0.25, -0.2) is 0 Å². The maximum absolute atomic E-state index is 12.9. The Hall–Kier alpha value is -1.79. The minimum Gasteiger partial charge on any atom is -0.496 e. The van der Waals surface area contributed by atoms with Gasteiger partial charge < -0.3 is 9.47 Å². The number of rotatable bonds is 6. The average molecular weight is 375 g/mol. The quantitative estimate of drug-likeness (QED) is 0.607. The van der Waals surface area contributed by atoms with Crippen molar-refractivity contribution in [2.75, 3.05) is 20.3 Å². The van der Waals surface area contributed by atoms with Gasteiger partial charge in [0.1, 0.15) is 17.6 Å². The Kier molecular flexibility index (Phi) is 5.73. The Morgan fingerprint density at radius 1 is 1.27 bits per heavy atom. The van der Waals surface area contributed by atoms with Gasteiger partial charge in [0.15, 0.2) is 0 Å². The van der Waals surface area contributed by atoms with Gasteiger partial charge in [-0.1, -0.05) is 18.3 Å². The van der Waals surface area contributed by atoms with Gasteiger partial charge >= 0.3 is 5.97 Å². The van der Waals surface area contributed by atoms with Crippen molar-refractivity contribution in [2.24, 2.45) is 11.8 Å². The Labute approximate surface area is 159 Å². The summed E-state index contributed by atoms with van der Waals surface area (Å²) in [4.78, 5) is 25.6. The number of methoxy groups -OCH3 is 1. The number of hydrogen-bond donors (Lipinski definition) is 1. The fraction of sp³-hybridized carbons (Fsp3) is 0.550. The van der Waals surface area contributed by atoms with Gasteiger partial charge in [-0.15, -0.1) is 0 Å². The standard InChI is InChI=1S/C20H25NO4S/c1-4-25-20(23)19-18(17(26)10-21-19)15(22)8-12-6-13-5-11(2)16(24-3)9-14(13)7-12/h5,9,12,18-19,21H,4,6-8,10H2,1-3H3/t12?,18?,19-/m0/s1. The number of Topliss-reactive ketones (excluding diaryl/α,β-unsaturated/α-hetero) is 1. The monoisotopic (exact) mass is 375 g/mol. The van der Waals surface area contributed by atoms with Gasteiger partial charge in [-0.05, 0) is 55.4 Å². The van der Waals surface area contributed by atoms with E-state index in [2.05, 4.69) is 17.4 Å². The Morgan fingerprint density at radius 3 is 2.62 bits per heavy atom. The van der Waals surface area contributed by atoms with Crippen LogP contribution in [0.15, 0.2) is 12.1 Å². The largest absolute Gasteiger partial charge is 0.496 e. The molecule has 0 aromatic heterocycles. The van der Waals surface area contributed by atoms with Crippen molar-refractivity contribution in [3.05, 3.63) is 28.8 Å². The summed E-state index contributed by atoms with van der Waals surface area (Å²) in [6, 6.07) is 3.60. The molecule has 1 saturated heterocycles. The molecule has 0 spiro atoms. The van der Waals surface area contributed by atoms with Crippen LogP contribution in [0.3, 0.4) is 0 Å². The minimum absolute atomic E-state index is 0.0412. The second-order valence-electron chi connectivity index (χ2n) is 7.09. The first-order valence-electron chi connectivity index (χ1n) is 9.06. The number of thiocarbonyl (C=S) groups is 1. The first-order chi connectivity index (χ1) is 12.4. The maximum Gasteiger partial charge on any atom is 0.324 e. The third-order valence-electron chi connectivity index (χ3n) is 5.29. The van der Waals surface area contributed by atoms with Crippen molar-refractivity contribution in [3.63, 3.8) is 0 Å². The smallest absolute Gasteiger partial charge is 0.324 e. The lowest BCUT2D eigenvalue weighted by molar-refractivity contribution is -0.147. The van der Waals surface area contributed by atoms with Crippen LogP contribution in [0.2, 0.25) is 0 Å². The van der Waals surface area contributed by atoms with E-state index in [1.54, 1.807) is 14.0 Å². The van der Waals surface area contributed by atoms with Gasteiger partial charge in [0, 0.05) is 17.8 Å². The van der Waals surface area contributed by atoms with Crippen molar-refractivity contribution in [1.82, 2.24) is 5.32 Å². The van der Waals surface area contributed by atoms with Crippen LogP contribution in [0.1, 0.15) is 30.0 Å². The predicted octanol–water partition coefficient (Wildman–Crippen LogP) is 2.20. The second kappa shape index (κ2) is 7.84. The number of ketones is 1. The number of carbonyl (C=O) groups excluding carboxylic acids is 2. The van der Waals surface area contributed by atoms with Crippen molar-refractivity contribution in [3.8, 4) is 5.75 Å². The summed E-state index contributed by atoms with van der Waals surface area (Å²) < 4.78 is 10.5. The SMILES string of the molecule is CCOC(=O)[C@H]1NCC(=S)C1C(=O)CC1Cc2cc(C)c(OC)cc2C1. The summed E-state index contributed by atoms with van der Waals surface area (Å²) in [6.45, 7) is 4.50. The molecule has 0 radical (unpaired) electrons. The van der Waals surface area contributed by atoms with Crippen LogP contribution in [0, 0.1) is 18.8 Å². The number of fused-ring (bicyclic) bond motifs is 1. The summed E-state index contributed by atoms with van der Waals surface area (Å²) >= 11 is 5.35. The highest BCUT2D eigenvalue weighted by molar-refractivity contribution is 7.80. The van der Waals surface area contributed by atoms with Crippen LogP contribution in [0.5, 0.6) is 5.75 Å². The molecule has 1 aromatic rings. The average Bonchev–Trinajstić information content (AvgIpc) is 3.16. The lowest BCUT2D eigenvalue weighted by Crippen LogP contribution is -2.41. The van der Waals surface area contributed by atoms with Crippen LogP contribution in [0.25, 0.3) is 0 Å². The summed E-state index contributed by atoms with van der Waals surface area (Å²) in [5.74, 6) is 0.235. The minimum atomic E-state index is -0.638. The highest BCUT2D eigenvalue weighted by Crippen LogP contribution is 2.34. The van der Waals surface area contributed by atoms with E-state index in [0.29, 0.717) is 24.4 Å². The van der Waals surface area contributed by atoms with E-state index in [1.165, 1.54) is 11.1 Å². The Morgan fingerprint density at radius 2 is 1.96 bits per heavy atom. The predicted molar refractivity (Wildman–Crippen MR) is 103 cm³/mol. The third kappa shape index (κ3) is 3.67. The van der Waals surface area contributed by atoms with E-state index in [4.69, 9.17) is 21.7 Å². The van der Waals surface area contributed by atoms with Crippen LogP contribution < -0.4 is 10.1 Å². The summed E-state index contributed by atoms with van der Waals surface area (Å²) in [6.07, 6.45) is 2.16. The van der Waals surface area contributed by atoms with E-state index in [-0.39, 0.29) is 17.7 Å². The number of nitrogens with one attached hydrogen (secondary N) is 1. The Bertz CT molecular complexity index is 746. The van der Waals surface area contributed by atoms with Gasteiger partial charge in [0.2, 0.25) is 0 Å². The maximum atomic E-state index is 12.9. The molecule has 5 nitrogen and oxygen atoms in total. The molecule has 26 heavy (non-hydrogen) atoms. The van der Waals surface area contributed by atoms with E-state index < -0.39 is 12.0 Å². The molecule has 1 aliphatic carbocycles. The summed E-state index contributed by atoms with van der Waals surface area (Å²) in [5.41, 5.74) is 3.65. The van der Waals surface area contributed by atoms with Gasteiger partial charge in [-0.2, -0.15) is 0 Å². The van der Waals surface area contributed by atoms with Crippen LogP contribution in [-0.2, 0) is 27.2 Å². The van der Waals surface area contributed by atoms with E-state index in [9.17, 15) is 9.59 Å². The highest BCUT2D eigenvalue weighted by Gasteiger charge is 2.42. The molecule has 1 aliphatic heterocycles. The molecule has 1 N–H and O–H groups in total. The van der Waals surface area contributed by atoms with Gasteiger partial charge in [0.25, 0.3) is 0 Å². The third-order valence-corrected chi connectivity index (χ3v) is 5.69. The van der Waals surface area contributed by atoms with Crippen LogP contribution in [0.4, 0.5) is 0 Å². The zero-order valence-electron chi connectivity index (χ0n) is 15.5. The molecular formula is C20H25NO4S. The fourth-order valence-corrected chi connectivity index (χ4v) is 4.43. The second-order valence-corrected chi connectivity index (χ2v) is 7.61. The Balaban J connectivity index is 1.68. The highest BCUT2D eigenvalue weighted by atomic mass is 32.1. The number of benzene rings is 1. The molecule has 3 atom stereocenters. The number of hydrogen-bond acceptors (Lipinski definition) is 6. The van der Waals surface area contributed by atoms with Crippen molar-refractivity contribution >= 4 is 28.8 Å². The molecule has 1 heterocycles. The van der Waals surface area contributed by atoms with Crippen molar-refractivity contribution < 1.29 is 19.1 Å². The topological polar surface area (TPSA) is 64.6 Å². The molecule has 140 valence electrons. The van der Waals surface area contributed by atoms with E-state index in [1.807, 2.05) is 6.92 Å². The van der Waals surface area contributed by atoms with Crippen LogP contribution >= 0.6 is 12.2 Å². The number of ether oxygens (including phenoxy) is 2. The normalized spacial score (nSPS) is 24.4. The molecule has 2 aliphatic rings. The van der Waals surface area contributed by atoms with E-state index in [0.717, 1.165) is 24.2 Å². The molecule has 2 unspecified atom stereocenters. The van der Waals surface area contributed by atoms with Gasteiger partial charge in [0.05, 0.1) is 19.6 Å². The molecule has 3 rings (SSSR count). The zero-order valence-corrected chi connectivity index (χ0v) is 16.3. The molecule has 6 heteroatoms. The summed E-state index contributed by atoms with van der Waals surface area (Å²) in [5, 5.41) is 3.03. The fourth-order valence-electron chi connectivity index (χ4n) is 4.08. The first kappa shape index (κ1) is 19.0. The van der Waals surface area contributed by atoms with E-state index >= 15 is 0 Å². The molecule has 1 aromatic carbocycles. The van der Waals surface area contributed by atoms with Crippen LogP contribution in [-0.4, -0.2) is 42.9 Å². The van der Waals surface area contributed by atoms with Crippen molar-refractivity contribution in [2.45, 2.75) is 39.2 Å². The first-order valence-corrected chi connectivity index (χ1v) is 9.47. The van der Waals surface area contributed by atoms with Crippen molar-refractivity contribution in [1.29, 1.82) is 0 Å². The van der Waals surface area contributed by atoms with Gasteiger partial charge in [-0.3, -0.25) is 14.9 Å². The lowest BCUT2D eigenvalue weighted by atomic mass is 9.88. The molecular weight excluding hydrogens is 350 g/mol. The molecule has 0 saturated carbocycles. The summed E-state index contributed by atoms with van der Waals surface area (Å²) in [7, 11) is 1.67. The zero-order chi connectivity index (χ0) is 18.8. The lowest BCUT2D eigenvalue weighted by Gasteiger charge is -2.18. The molecule has 0 bridgehead atoms. The number of esters is 1. The number of aryl methyl sites for hydroxylation is 1. The molecule has 0 amide bonds.